The monoisotopic (exact) mass is 258 g/mol. The van der Waals surface area contributed by atoms with Crippen molar-refractivity contribution in [2.24, 2.45) is 0 Å². The van der Waals surface area contributed by atoms with E-state index in [1.165, 1.54) is 10.8 Å². The Morgan fingerprint density at radius 2 is 2.00 bits per heavy atom. The largest absolute Gasteiger partial charge is 0.481 e. The van der Waals surface area contributed by atoms with Crippen molar-refractivity contribution in [2.45, 2.75) is 19.9 Å². The second-order valence-corrected chi connectivity index (χ2v) is 4.38. The van der Waals surface area contributed by atoms with Crippen LogP contribution in [0.1, 0.15) is 16.7 Å². The maximum absolute atomic E-state index is 11.6. The molecule has 0 atom stereocenters. The minimum absolute atomic E-state index is 0.0514. The molecule has 0 saturated carbocycles. The van der Waals surface area contributed by atoms with Gasteiger partial charge in [0, 0.05) is 12.4 Å². The highest BCUT2D eigenvalue weighted by Crippen LogP contribution is 2.11. The molecule has 98 valence electrons. The Labute approximate surface area is 110 Å². The standard InChI is InChI=1S/C14H14N2O3/c1-10-7-15-14(19)16(8-10)9-12-5-3-2-4-11(12)6-13(17)18/h2-5,7-8H,6,9H2,1H3,(H,17,18). The molecule has 5 nitrogen and oxygen atoms in total. The summed E-state index contributed by atoms with van der Waals surface area (Å²) in [5.41, 5.74) is 2.08. The van der Waals surface area contributed by atoms with Gasteiger partial charge in [-0.3, -0.25) is 9.36 Å². The molecule has 0 spiro atoms. The lowest BCUT2D eigenvalue weighted by molar-refractivity contribution is -0.136. The van der Waals surface area contributed by atoms with Crippen LogP contribution in [-0.2, 0) is 17.8 Å². The SMILES string of the molecule is Cc1cnc(=O)n(Cc2ccccc2CC(=O)O)c1. The zero-order chi connectivity index (χ0) is 13.8. The molecular formula is C14H14N2O3. The fourth-order valence-electron chi connectivity index (χ4n) is 1.91. The van der Waals surface area contributed by atoms with E-state index in [-0.39, 0.29) is 12.1 Å². The lowest BCUT2D eigenvalue weighted by Crippen LogP contribution is -2.23. The summed E-state index contributed by atoms with van der Waals surface area (Å²) in [6.07, 6.45) is 3.18. The fourth-order valence-corrected chi connectivity index (χ4v) is 1.91. The zero-order valence-corrected chi connectivity index (χ0v) is 10.5. The van der Waals surface area contributed by atoms with Gasteiger partial charge in [0.05, 0.1) is 13.0 Å². The van der Waals surface area contributed by atoms with Gasteiger partial charge in [0.2, 0.25) is 0 Å². The molecule has 0 aliphatic carbocycles. The quantitative estimate of drug-likeness (QED) is 0.895. The molecule has 0 unspecified atom stereocenters. The summed E-state index contributed by atoms with van der Waals surface area (Å²) in [7, 11) is 0. The molecule has 1 aromatic heterocycles. The molecule has 0 radical (unpaired) electrons. The van der Waals surface area contributed by atoms with Gasteiger partial charge in [0.1, 0.15) is 0 Å². The lowest BCUT2D eigenvalue weighted by Gasteiger charge is -2.10. The third kappa shape index (κ3) is 3.28. The van der Waals surface area contributed by atoms with Crippen LogP contribution in [0.5, 0.6) is 0 Å². The molecule has 2 rings (SSSR count). The Morgan fingerprint density at radius 3 is 2.68 bits per heavy atom. The summed E-state index contributed by atoms with van der Waals surface area (Å²) < 4.78 is 1.48. The van der Waals surface area contributed by atoms with Gasteiger partial charge in [-0.25, -0.2) is 9.78 Å². The molecule has 1 N–H and O–H groups in total. The number of aryl methyl sites for hydroxylation is 1. The first kappa shape index (κ1) is 13.0. The van der Waals surface area contributed by atoms with E-state index in [1.54, 1.807) is 18.3 Å². The van der Waals surface area contributed by atoms with Crippen LogP contribution in [0.3, 0.4) is 0 Å². The topological polar surface area (TPSA) is 72.2 Å². The lowest BCUT2D eigenvalue weighted by atomic mass is 10.0. The number of aromatic nitrogens is 2. The van der Waals surface area contributed by atoms with Crippen LogP contribution in [0.25, 0.3) is 0 Å². The van der Waals surface area contributed by atoms with E-state index in [2.05, 4.69) is 4.98 Å². The third-order valence-electron chi connectivity index (χ3n) is 2.78. The summed E-state index contributed by atoms with van der Waals surface area (Å²) in [5, 5.41) is 8.88. The van der Waals surface area contributed by atoms with E-state index in [4.69, 9.17) is 5.11 Å². The molecule has 0 amide bonds. The summed E-state index contributed by atoms with van der Waals surface area (Å²) in [5.74, 6) is -0.887. The average Bonchev–Trinajstić information content (AvgIpc) is 2.35. The van der Waals surface area contributed by atoms with Crippen LogP contribution in [0.4, 0.5) is 0 Å². The molecule has 1 aromatic carbocycles. The maximum atomic E-state index is 11.6. The molecule has 5 heteroatoms. The Kier molecular flexibility index (Phi) is 3.75. The number of carbonyl (C=O) groups is 1. The van der Waals surface area contributed by atoms with Gasteiger partial charge < -0.3 is 5.11 Å². The van der Waals surface area contributed by atoms with Crippen molar-refractivity contribution in [3.8, 4) is 0 Å². The van der Waals surface area contributed by atoms with Gasteiger partial charge in [-0.2, -0.15) is 0 Å². The first-order valence-electron chi connectivity index (χ1n) is 5.88. The maximum Gasteiger partial charge on any atom is 0.347 e. The van der Waals surface area contributed by atoms with Crippen molar-refractivity contribution in [1.29, 1.82) is 0 Å². The Hall–Kier alpha value is -2.43. The number of carboxylic acids is 1. The normalized spacial score (nSPS) is 10.4. The minimum atomic E-state index is -0.887. The second-order valence-electron chi connectivity index (χ2n) is 4.38. The Balaban J connectivity index is 2.35. The molecule has 0 saturated heterocycles. The van der Waals surface area contributed by atoms with E-state index >= 15 is 0 Å². The Morgan fingerprint density at radius 1 is 1.32 bits per heavy atom. The van der Waals surface area contributed by atoms with Crippen molar-refractivity contribution in [1.82, 2.24) is 9.55 Å². The summed E-state index contributed by atoms with van der Waals surface area (Å²) in [6, 6.07) is 7.21. The van der Waals surface area contributed by atoms with E-state index in [0.29, 0.717) is 12.1 Å². The van der Waals surface area contributed by atoms with Crippen LogP contribution in [0.15, 0.2) is 41.5 Å². The minimum Gasteiger partial charge on any atom is -0.481 e. The molecule has 0 bridgehead atoms. The van der Waals surface area contributed by atoms with Gasteiger partial charge in [-0.05, 0) is 23.6 Å². The number of nitrogens with zero attached hydrogens (tertiary/aromatic N) is 2. The average molecular weight is 258 g/mol. The molecule has 0 fully saturated rings. The highest BCUT2D eigenvalue weighted by molar-refractivity contribution is 5.70. The van der Waals surface area contributed by atoms with Crippen molar-refractivity contribution >= 4 is 5.97 Å². The number of rotatable bonds is 4. The van der Waals surface area contributed by atoms with Crippen LogP contribution in [0, 0.1) is 6.92 Å². The zero-order valence-electron chi connectivity index (χ0n) is 10.5. The third-order valence-corrected chi connectivity index (χ3v) is 2.78. The van der Waals surface area contributed by atoms with E-state index in [0.717, 1.165) is 11.1 Å². The van der Waals surface area contributed by atoms with Crippen molar-refractivity contribution < 1.29 is 9.90 Å². The van der Waals surface area contributed by atoms with Crippen LogP contribution in [-0.4, -0.2) is 20.6 Å². The van der Waals surface area contributed by atoms with Crippen molar-refractivity contribution in [2.75, 3.05) is 0 Å². The van der Waals surface area contributed by atoms with Gasteiger partial charge in [-0.1, -0.05) is 24.3 Å². The fraction of sp³-hybridized carbons (Fsp3) is 0.214. The van der Waals surface area contributed by atoms with Crippen molar-refractivity contribution in [3.05, 3.63) is 63.8 Å². The number of hydrogen-bond acceptors (Lipinski definition) is 3. The molecule has 0 aliphatic rings. The smallest absolute Gasteiger partial charge is 0.347 e. The van der Waals surface area contributed by atoms with Crippen LogP contribution < -0.4 is 5.69 Å². The second kappa shape index (κ2) is 5.48. The first-order chi connectivity index (χ1) is 9.06. The van der Waals surface area contributed by atoms with Gasteiger partial charge >= 0.3 is 11.7 Å². The number of carboxylic acid groups (broad SMARTS) is 1. The highest BCUT2D eigenvalue weighted by Gasteiger charge is 2.07. The molecule has 19 heavy (non-hydrogen) atoms. The van der Waals surface area contributed by atoms with Gasteiger partial charge in [0.15, 0.2) is 0 Å². The number of benzene rings is 1. The van der Waals surface area contributed by atoms with E-state index in [9.17, 15) is 9.59 Å². The number of aliphatic carboxylic acids is 1. The predicted molar refractivity (Wildman–Crippen MR) is 70.1 cm³/mol. The summed E-state index contributed by atoms with van der Waals surface area (Å²) >= 11 is 0. The summed E-state index contributed by atoms with van der Waals surface area (Å²) in [4.78, 5) is 26.2. The molecule has 2 aromatic rings. The molecular weight excluding hydrogens is 244 g/mol. The molecule has 0 aliphatic heterocycles. The molecule has 1 heterocycles. The van der Waals surface area contributed by atoms with Crippen LogP contribution >= 0.6 is 0 Å². The highest BCUT2D eigenvalue weighted by atomic mass is 16.4. The van der Waals surface area contributed by atoms with Crippen molar-refractivity contribution in [3.63, 3.8) is 0 Å². The van der Waals surface area contributed by atoms with Gasteiger partial charge in [0.25, 0.3) is 0 Å². The number of hydrogen-bond donors (Lipinski definition) is 1. The Bertz CT molecular complexity index is 662. The predicted octanol–water partition coefficient (Wildman–Crippen LogP) is 1.23. The summed E-state index contributed by atoms with van der Waals surface area (Å²) in [6.45, 7) is 2.18. The van der Waals surface area contributed by atoms with Crippen LogP contribution in [0.2, 0.25) is 0 Å². The van der Waals surface area contributed by atoms with E-state index < -0.39 is 5.97 Å². The van der Waals surface area contributed by atoms with E-state index in [1.807, 2.05) is 19.1 Å². The first-order valence-corrected chi connectivity index (χ1v) is 5.88. The van der Waals surface area contributed by atoms with Gasteiger partial charge in [-0.15, -0.1) is 0 Å².